The molecule has 4 nitrogen and oxygen atoms in total. The van der Waals surface area contributed by atoms with Crippen molar-refractivity contribution in [2.75, 3.05) is 24.8 Å². The molecule has 2 N–H and O–H groups in total. The number of ether oxygens (including phenoxy) is 1. The SMILES string of the molecule is COC(=O)c1ccc(N)c(N(C)C2CCCCCC2)c1. The van der Waals surface area contributed by atoms with Crippen molar-refractivity contribution < 1.29 is 9.53 Å². The van der Waals surface area contributed by atoms with E-state index in [0.29, 0.717) is 17.3 Å². The van der Waals surface area contributed by atoms with Crippen LogP contribution in [0.25, 0.3) is 0 Å². The van der Waals surface area contributed by atoms with Crippen LogP contribution in [0.2, 0.25) is 0 Å². The van der Waals surface area contributed by atoms with E-state index in [9.17, 15) is 4.79 Å². The smallest absolute Gasteiger partial charge is 0.337 e. The highest BCUT2D eigenvalue weighted by molar-refractivity contribution is 5.92. The molecular weight excluding hydrogens is 252 g/mol. The van der Waals surface area contributed by atoms with Crippen molar-refractivity contribution in [3.8, 4) is 0 Å². The number of nitrogens with zero attached hydrogens (tertiary/aromatic N) is 1. The fourth-order valence-corrected chi connectivity index (χ4v) is 2.94. The van der Waals surface area contributed by atoms with Gasteiger partial charge in [-0.25, -0.2) is 4.79 Å². The van der Waals surface area contributed by atoms with Crippen molar-refractivity contribution in [2.45, 2.75) is 44.6 Å². The zero-order valence-corrected chi connectivity index (χ0v) is 12.4. The molecule has 1 aliphatic carbocycles. The summed E-state index contributed by atoms with van der Waals surface area (Å²) >= 11 is 0. The van der Waals surface area contributed by atoms with E-state index in [0.717, 1.165) is 5.69 Å². The second-order valence-corrected chi connectivity index (χ2v) is 5.52. The average Bonchev–Trinajstić information content (AvgIpc) is 2.75. The maximum atomic E-state index is 11.6. The van der Waals surface area contributed by atoms with Gasteiger partial charge in [-0.1, -0.05) is 25.7 Å². The van der Waals surface area contributed by atoms with E-state index < -0.39 is 0 Å². The second kappa shape index (κ2) is 6.64. The minimum absolute atomic E-state index is 0.319. The van der Waals surface area contributed by atoms with Crippen LogP contribution in [0.5, 0.6) is 0 Å². The summed E-state index contributed by atoms with van der Waals surface area (Å²) in [5, 5.41) is 0. The Morgan fingerprint density at radius 3 is 2.50 bits per heavy atom. The molecule has 1 saturated carbocycles. The molecule has 0 aliphatic heterocycles. The normalized spacial score (nSPS) is 16.5. The largest absolute Gasteiger partial charge is 0.465 e. The first kappa shape index (κ1) is 14.7. The Kier molecular flexibility index (Phi) is 4.88. The highest BCUT2D eigenvalue weighted by Gasteiger charge is 2.20. The van der Waals surface area contributed by atoms with Crippen LogP contribution in [0.4, 0.5) is 11.4 Å². The summed E-state index contributed by atoms with van der Waals surface area (Å²) in [5.41, 5.74) is 8.28. The maximum Gasteiger partial charge on any atom is 0.337 e. The number of benzene rings is 1. The lowest BCUT2D eigenvalue weighted by Crippen LogP contribution is -2.31. The van der Waals surface area contributed by atoms with E-state index in [1.54, 1.807) is 12.1 Å². The van der Waals surface area contributed by atoms with Crippen LogP contribution in [-0.4, -0.2) is 26.2 Å². The first-order chi connectivity index (χ1) is 9.63. The third kappa shape index (κ3) is 3.24. The van der Waals surface area contributed by atoms with Crippen molar-refractivity contribution in [1.82, 2.24) is 0 Å². The van der Waals surface area contributed by atoms with Gasteiger partial charge in [0.2, 0.25) is 0 Å². The Balaban J connectivity index is 2.23. The summed E-state index contributed by atoms with van der Waals surface area (Å²) < 4.78 is 4.78. The molecule has 110 valence electrons. The Morgan fingerprint density at radius 2 is 1.90 bits per heavy atom. The number of nitrogens with two attached hydrogens (primary N) is 1. The molecule has 1 aromatic rings. The maximum absolute atomic E-state index is 11.6. The van der Waals surface area contributed by atoms with E-state index >= 15 is 0 Å². The molecule has 0 aromatic heterocycles. The molecule has 1 aliphatic rings. The van der Waals surface area contributed by atoms with Crippen LogP contribution in [0.1, 0.15) is 48.9 Å². The zero-order chi connectivity index (χ0) is 14.5. The molecule has 20 heavy (non-hydrogen) atoms. The zero-order valence-electron chi connectivity index (χ0n) is 12.4. The summed E-state index contributed by atoms with van der Waals surface area (Å²) in [6.45, 7) is 0. The van der Waals surface area contributed by atoms with Gasteiger partial charge in [-0.3, -0.25) is 0 Å². The van der Waals surface area contributed by atoms with Gasteiger partial charge in [-0.15, -0.1) is 0 Å². The average molecular weight is 276 g/mol. The highest BCUT2D eigenvalue weighted by Crippen LogP contribution is 2.30. The predicted octanol–water partition coefficient (Wildman–Crippen LogP) is 3.21. The summed E-state index contributed by atoms with van der Waals surface area (Å²) in [5.74, 6) is -0.319. The van der Waals surface area contributed by atoms with Crippen LogP contribution < -0.4 is 10.6 Å². The number of methoxy groups -OCH3 is 1. The Morgan fingerprint density at radius 1 is 1.25 bits per heavy atom. The van der Waals surface area contributed by atoms with E-state index in [-0.39, 0.29) is 5.97 Å². The third-order valence-electron chi connectivity index (χ3n) is 4.20. The molecule has 4 heteroatoms. The molecule has 0 heterocycles. The number of nitrogen functional groups attached to an aromatic ring is 1. The minimum atomic E-state index is -0.319. The quantitative estimate of drug-likeness (QED) is 0.523. The molecule has 0 atom stereocenters. The van der Waals surface area contributed by atoms with Gasteiger partial charge in [-0.2, -0.15) is 0 Å². The number of hydrogen-bond acceptors (Lipinski definition) is 4. The molecule has 2 rings (SSSR count). The summed E-state index contributed by atoms with van der Waals surface area (Å²) in [4.78, 5) is 13.9. The van der Waals surface area contributed by atoms with Crippen molar-refractivity contribution in [2.24, 2.45) is 0 Å². The number of esters is 1. The van der Waals surface area contributed by atoms with Crippen LogP contribution in [0.3, 0.4) is 0 Å². The lowest BCUT2D eigenvalue weighted by Gasteiger charge is -2.30. The summed E-state index contributed by atoms with van der Waals surface area (Å²) in [7, 11) is 3.47. The first-order valence-electron chi connectivity index (χ1n) is 7.34. The Hall–Kier alpha value is -1.71. The molecule has 0 unspecified atom stereocenters. The van der Waals surface area contributed by atoms with Crippen LogP contribution in [0.15, 0.2) is 18.2 Å². The van der Waals surface area contributed by atoms with Gasteiger partial charge in [0.15, 0.2) is 0 Å². The molecular formula is C16H24N2O2. The molecule has 0 spiro atoms. The molecule has 0 radical (unpaired) electrons. The third-order valence-corrected chi connectivity index (χ3v) is 4.20. The molecule has 1 aromatic carbocycles. The fourth-order valence-electron chi connectivity index (χ4n) is 2.94. The standard InChI is InChI=1S/C16H24N2O2/c1-18(13-7-5-3-4-6-8-13)15-11-12(16(19)20-2)9-10-14(15)17/h9-11,13H,3-8,17H2,1-2H3. The monoisotopic (exact) mass is 276 g/mol. The molecule has 0 bridgehead atoms. The number of anilines is 2. The minimum Gasteiger partial charge on any atom is -0.465 e. The van der Waals surface area contributed by atoms with Gasteiger partial charge in [0.1, 0.15) is 0 Å². The van der Waals surface area contributed by atoms with E-state index in [1.165, 1.54) is 45.6 Å². The number of carbonyl (C=O) groups excluding carboxylic acids is 1. The number of hydrogen-bond donors (Lipinski definition) is 1. The fraction of sp³-hybridized carbons (Fsp3) is 0.562. The lowest BCUT2D eigenvalue weighted by molar-refractivity contribution is 0.0601. The van der Waals surface area contributed by atoms with Gasteiger partial charge < -0.3 is 15.4 Å². The lowest BCUT2D eigenvalue weighted by atomic mass is 10.1. The van der Waals surface area contributed by atoms with Crippen LogP contribution >= 0.6 is 0 Å². The highest BCUT2D eigenvalue weighted by atomic mass is 16.5. The first-order valence-corrected chi connectivity index (χ1v) is 7.34. The second-order valence-electron chi connectivity index (χ2n) is 5.52. The Bertz CT molecular complexity index is 466. The van der Waals surface area contributed by atoms with E-state index in [2.05, 4.69) is 11.9 Å². The van der Waals surface area contributed by atoms with Gasteiger partial charge in [0.25, 0.3) is 0 Å². The predicted molar refractivity (Wildman–Crippen MR) is 82.1 cm³/mol. The molecule has 1 fully saturated rings. The van der Waals surface area contributed by atoms with Crippen molar-refractivity contribution in [1.29, 1.82) is 0 Å². The molecule has 0 saturated heterocycles. The van der Waals surface area contributed by atoms with Gasteiger partial charge >= 0.3 is 5.97 Å². The van der Waals surface area contributed by atoms with Gasteiger partial charge in [0.05, 0.1) is 24.0 Å². The van der Waals surface area contributed by atoms with E-state index in [1.807, 2.05) is 6.07 Å². The van der Waals surface area contributed by atoms with Gasteiger partial charge in [-0.05, 0) is 31.0 Å². The van der Waals surface area contributed by atoms with Crippen LogP contribution in [0, 0.1) is 0 Å². The number of rotatable bonds is 3. The van der Waals surface area contributed by atoms with Crippen molar-refractivity contribution in [3.05, 3.63) is 23.8 Å². The van der Waals surface area contributed by atoms with Crippen LogP contribution in [-0.2, 0) is 4.74 Å². The Labute approximate surface area is 120 Å². The van der Waals surface area contributed by atoms with E-state index in [4.69, 9.17) is 10.5 Å². The van der Waals surface area contributed by atoms with Gasteiger partial charge in [0, 0.05) is 13.1 Å². The summed E-state index contributed by atoms with van der Waals surface area (Å²) in [6.07, 6.45) is 7.57. The van der Waals surface area contributed by atoms with Crippen molar-refractivity contribution in [3.63, 3.8) is 0 Å². The van der Waals surface area contributed by atoms with Crippen molar-refractivity contribution >= 4 is 17.3 Å². The topological polar surface area (TPSA) is 55.6 Å². The summed E-state index contributed by atoms with van der Waals surface area (Å²) in [6, 6.07) is 5.85. The number of carbonyl (C=O) groups is 1. The molecule has 0 amide bonds.